The van der Waals surface area contributed by atoms with Gasteiger partial charge in [0.25, 0.3) is 0 Å². The van der Waals surface area contributed by atoms with Crippen LogP contribution in [-0.4, -0.2) is 18.6 Å². The van der Waals surface area contributed by atoms with Crippen LogP contribution in [0.25, 0.3) is 6.08 Å². The third-order valence-corrected chi connectivity index (χ3v) is 6.53. The molecule has 0 heterocycles. The summed E-state index contributed by atoms with van der Waals surface area (Å²) in [6, 6.07) is 5.81. The molecule has 0 unspecified atom stereocenters. The molecule has 1 N–H and O–H groups in total. The first-order valence-corrected chi connectivity index (χ1v) is 9.68. The van der Waals surface area contributed by atoms with Crippen LogP contribution in [0, 0.1) is 17.8 Å². The van der Waals surface area contributed by atoms with E-state index in [1.165, 1.54) is 38.5 Å². The number of hydrogen-bond donors (Lipinski definition) is 1. The molecule has 4 aliphatic carbocycles. The fraction of sp³-hybridized carbons (Fsp3) is 0.550. The van der Waals surface area contributed by atoms with E-state index in [1.807, 2.05) is 24.3 Å². The maximum absolute atomic E-state index is 12.5. The summed E-state index contributed by atoms with van der Waals surface area (Å²) in [7, 11) is 1.65. The number of carbonyl (C=O) groups excluding carboxylic acids is 1. The van der Waals surface area contributed by atoms with Crippen LogP contribution in [0.1, 0.15) is 44.1 Å². The van der Waals surface area contributed by atoms with Gasteiger partial charge in [-0.15, -0.1) is 0 Å². The predicted molar refractivity (Wildman–Crippen MR) is 98.8 cm³/mol. The molecule has 1 amide bonds. The first-order valence-electron chi connectivity index (χ1n) is 8.89. The lowest BCUT2D eigenvalue weighted by Gasteiger charge is -2.56. The lowest BCUT2D eigenvalue weighted by Crippen LogP contribution is -2.59. The largest absolute Gasteiger partial charge is 0.496 e. The van der Waals surface area contributed by atoms with Gasteiger partial charge in [-0.2, -0.15) is 0 Å². The lowest BCUT2D eigenvalue weighted by molar-refractivity contribution is -0.122. The number of ether oxygens (including phenoxy) is 1. The number of hydrogen-bond acceptors (Lipinski definition) is 2. The number of methoxy groups -OCH3 is 1. The van der Waals surface area contributed by atoms with Gasteiger partial charge in [-0.25, -0.2) is 0 Å². The highest BCUT2D eigenvalue weighted by Gasteiger charge is 2.51. The topological polar surface area (TPSA) is 38.3 Å². The first-order chi connectivity index (χ1) is 11.5. The Morgan fingerprint density at radius 1 is 1.21 bits per heavy atom. The van der Waals surface area contributed by atoms with Crippen molar-refractivity contribution >= 4 is 27.9 Å². The molecule has 3 nitrogen and oxygen atoms in total. The van der Waals surface area contributed by atoms with Crippen molar-refractivity contribution < 1.29 is 9.53 Å². The minimum absolute atomic E-state index is 0.0268. The van der Waals surface area contributed by atoms with Crippen LogP contribution in [0.3, 0.4) is 0 Å². The minimum atomic E-state index is 0.0268. The third kappa shape index (κ3) is 3.13. The maximum atomic E-state index is 12.5. The Hall–Kier alpha value is -1.29. The van der Waals surface area contributed by atoms with Crippen LogP contribution in [0.15, 0.2) is 28.7 Å². The van der Waals surface area contributed by atoms with Crippen LogP contribution in [-0.2, 0) is 4.79 Å². The quantitative estimate of drug-likeness (QED) is 0.766. The van der Waals surface area contributed by atoms with Crippen molar-refractivity contribution in [2.75, 3.05) is 7.11 Å². The zero-order chi connectivity index (χ0) is 16.7. The van der Waals surface area contributed by atoms with Gasteiger partial charge in [0, 0.05) is 21.7 Å². The normalized spacial score (nSPS) is 33.8. The number of amides is 1. The van der Waals surface area contributed by atoms with Gasteiger partial charge in [-0.3, -0.25) is 4.79 Å². The molecule has 128 valence electrons. The monoisotopic (exact) mass is 389 g/mol. The van der Waals surface area contributed by atoms with Crippen molar-refractivity contribution in [2.24, 2.45) is 17.8 Å². The maximum Gasteiger partial charge on any atom is 0.244 e. The second-order valence-corrected chi connectivity index (χ2v) is 8.82. The highest BCUT2D eigenvalue weighted by atomic mass is 79.9. The molecule has 0 aliphatic heterocycles. The van der Waals surface area contributed by atoms with Gasteiger partial charge in [0.05, 0.1) is 7.11 Å². The second kappa shape index (κ2) is 6.21. The molecular weight excluding hydrogens is 366 g/mol. The van der Waals surface area contributed by atoms with Gasteiger partial charge in [0.1, 0.15) is 5.75 Å². The van der Waals surface area contributed by atoms with Gasteiger partial charge in [-0.1, -0.05) is 15.9 Å². The van der Waals surface area contributed by atoms with Crippen LogP contribution >= 0.6 is 15.9 Å². The molecule has 0 saturated heterocycles. The molecule has 0 spiro atoms. The molecule has 4 saturated carbocycles. The first kappa shape index (κ1) is 16.2. The van der Waals surface area contributed by atoms with Crippen molar-refractivity contribution in [1.29, 1.82) is 0 Å². The summed E-state index contributed by atoms with van der Waals surface area (Å²) >= 11 is 3.47. The molecule has 4 heteroatoms. The number of rotatable bonds is 4. The van der Waals surface area contributed by atoms with E-state index < -0.39 is 0 Å². The highest BCUT2D eigenvalue weighted by Crippen LogP contribution is 2.55. The highest BCUT2D eigenvalue weighted by molar-refractivity contribution is 9.10. The van der Waals surface area contributed by atoms with Gasteiger partial charge in [0.15, 0.2) is 0 Å². The Kier molecular flexibility index (Phi) is 4.19. The average Bonchev–Trinajstić information content (AvgIpc) is 2.51. The molecule has 4 aliphatic rings. The van der Waals surface area contributed by atoms with Crippen molar-refractivity contribution in [3.8, 4) is 5.75 Å². The molecule has 1 aromatic carbocycles. The second-order valence-electron chi connectivity index (χ2n) is 7.91. The van der Waals surface area contributed by atoms with Crippen LogP contribution in [0.4, 0.5) is 0 Å². The Bertz CT molecular complexity index is 647. The number of halogens is 1. The molecule has 0 atom stereocenters. The van der Waals surface area contributed by atoms with Gasteiger partial charge < -0.3 is 10.1 Å². The van der Waals surface area contributed by atoms with E-state index in [1.54, 1.807) is 13.2 Å². The molecule has 5 rings (SSSR count). The summed E-state index contributed by atoms with van der Waals surface area (Å²) in [5.74, 6) is 3.32. The molecule has 4 fully saturated rings. The summed E-state index contributed by atoms with van der Waals surface area (Å²) in [5.41, 5.74) is 0.977. The lowest BCUT2D eigenvalue weighted by atomic mass is 9.53. The molecule has 24 heavy (non-hydrogen) atoms. The zero-order valence-corrected chi connectivity index (χ0v) is 15.6. The summed E-state index contributed by atoms with van der Waals surface area (Å²) in [4.78, 5) is 12.5. The Balaban J connectivity index is 1.46. The Labute approximate surface area is 152 Å². The van der Waals surface area contributed by atoms with E-state index in [4.69, 9.17) is 4.74 Å². The standard InChI is InChI=1S/C20H24BrNO2/c1-24-18-4-3-17(21)9-16(18)2-5-19(23)22-20-10-13-6-14(11-20)8-15(7-13)12-20/h2-5,9,13-15H,6-8,10-12H2,1H3,(H,22,23)/b5-2+. The number of nitrogens with one attached hydrogen (secondary N) is 1. The van der Waals surface area contributed by atoms with Gasteiger partial charge in [-0.05, 0) is 80.6 Å². The van der Waals surface area contributed by atoms with Crippen LogP contribution < -0.4 is 10.1 Å². The fourth-order valence-electron chi connectivity index (χ4n) is 5.57. The van der Waals surface area contributed by atoms with Gasteiger partial charge in [0.2, 0.25) is 5.91 Å². The molecular formula is C20H24BrNO2. The van der Waals surface area contributed by atoms with Crippen LogP contribution in [0.5, 0.6) is 5.75 Å². The molecule has 1 aromatic rings. The zero-order valence-electron chi connectivity index (χ0n) is 14.1. The van der Waals surface area contributed by atoms with Crippen molar-refractivity contribution in [3.05, 3.63) is 34.3 Å². The average molecular weight is 390 g/mol. The summed E-state index contributed by atoms with van der Waals surface area (Å²) in [5, 5.41) is 3.37. The fourth-order valence-corrected chi connectivity index (χ4v) is 5.95. The number of benzene rings is 1. The summed E-state index contributed by atoms with van der Waals surface area (Å²) in [6.07, 6.45) is 11.2. The predicted octanol–water partition coefficient (Wildman–Crippen LogP) is 4.56. The number of carbonyl (C=O) groups is 1. The third-order valence-electron chi connectivity index (χ3n) is 6.03. The SMILES string of the molecule is COc1ccc(Br)cc1/C=C/C(=O)NC12CC3CC(CC(C3)C1)C2. The van der Waals surface area contributed by atoms with E-state index in [2.05, 4.69) is 21.2 Å². The molecule has 0 aromatic heterocycles. The van der Waals surface area contributed by atoms with Gasteiger partial charge >= 0.3 is 0 Å². The van der Waals surface area contributed by atoms with E-state index in [-0.39, 0.29) is 11.4 Å². The minimum Gasteiger partial charge on any atom is -0.496 e. The van der Waals surface area contributed by atoms with Crippen molar-refractivity contribution in [1.82, 2.24) is 5.32 Å². The Morgan fingerprint density at radius 2 is 1.83 bits per heavy atom. The van der Waals surface area contributed by atoms with E-state index in [0.717, 1.165) is 33.5 Å². The van der Waals surface area contributed by atoms with Crippen LogP contribution in [0.2, 0.25) is 0 Å². The van der Waals surface area contributed by atoms with E-state index in [9.17, 15) is 4.79 Å². The molecule has 0 radical (unpaired) electrons. The smallest absolute Gasteiger partial charge is 0.244 e. The van der Waals surface area contributed by atoms with E-state index >= 15 is 0 Å². The van der Waals surface area contributed by atoms with E-state index in [0.29, 0.717) is 0 Å². The van der Waals surface area contributed by atoms with Crippen molar-refractivity contribution in [3.63, 3.8) is 0 Å². The summed E-state index contributed by atoms with van der Waals surface area (Å²) in [6.45, 7) is 0. The Morgan fingerprint density at radius 3 is 2.42 bits per heavy atom. The summed E-state index contributed by atoms with van der Waals surface area (Å²) < 4.78 is 6.34. The molecule has 4 bridgehead atoms. The van der Waals surface area contributed by atoms with Crippen molar-refractivity contribution in [2.45, 2.75) is 44.1 Å².